The monoisotopic (exact) mass is 479 g/mol. The molecule has 0 aromatic heterocycles. The Labute approximate surface area is 214 Å². The number of esters is 1. The summed E-state index contributed by atoms with van der Waals surface area (Å²) in [6, 6.07) is 0.808. The second-order valence-corrected chi connectivity index (χ2v) is 11.5. The number of nitrogens with zero attached hydrogens (tertiary/aromatic N) is 1. The van der Waals surface area contributed by atoms with Gasteiger partial charge in [-0.1, -0.05) is 129 Å². The molecule has 0 saturated heterocycles. The Hall–Kier alpha value is -0.570. The van der Waals surface area contributed by atoms with E-state index in [4.69, 9.17) is 4.74 Å². The maximum atomic E-state index is 11.1. The molecule has 0 N–H and O–H groups in total. The second-order valence-electron chi connectivity index (χ2n) is 11.5. The lowest BCUT2D eigenvalue weighted by Crippen LogP contribution is -2.30. The van der Waals surface area contributed by atoms with E-state index in [1.165, 1.54) is 142 Å². The van der Waals surface area contributed by atoms with Crippen LogP contribution in [0.2, 0.25) is 0 Å². The van der Waals surface area contributed by atoms with E-state index in [1.807, 2.05) is 0 Å². The summed E-state index contributed by atoms with van der Waals surface area (Å²) in [5, 5.41) is 0. The Morgan fingerprint density at radius 2 is 1.21 bits per heavy atom. The molecular weight excluding hydrogens is 418 g/mol. The zero-order valence-electron chi connectivity index (χ0n) is 23.8. The summed E-state index contributed by atoms with van der Waals surface area (Å²) in [6.07, 6.45) is 31.2. The summed E-state index contributed by atoms with van der Waals surface area (Å²) in [4.78, 5) is 13.7. The van der Waals surface area contributed by atoms with Gasteiger partial charge in [0.25, 0.3) is 0 Å². The van der Waals surface area contributed by atoms with E-state index in [9.17, 15) is 4.79 Å². The van der Waals surface area contributed by atoms with Crippen molar-refractivity contribution >= 4 is 5.97 Å². The molecule has 1 aliphatic rings. The maximum Gasteiger partial charge on any atom is 0.305 e. The lowest BCUT2D eigenvalue weighted by molar-refractivity contribution is -0.140. The Morgan fingerprint density at radius 1 is 0.735 bits per heavy atom. The molecule has 1 rings (SSSR count). The number of rotatable bonds is 25. The number of carbonyl (C=O) groups is 1. The van der Waals surface area contributed by atoms with Crippen LogP contribution in [0.3, 0.4) is 0 Å². The van der Waals surface area contributed by atoms with Crippen molar-refractivity contribution in [3.05, 3.63) is 0 Å². The summed E-state index contributed by atoms with van der Waals surface area (Å²) in [5.41, 5.74) is 0. The average molecular weight is 480 g/mol. The molecule has 1 saturated carbocycles. The van der Waals surface area contributed by atoms with Crippen molar-refractivity contribution in [2.24, 2.45) is 11.8 Å². The van der Waals surface area contributed by atoms with Crippen LogP contribution in [0.1, 0.15) is 155 Å². The quantitative estimate of drug-likeness (QED) is 0.0964. The molecule has 1 fully saturated rings. The van der Waals surface area contributed by atoms with Crippen molar-refractivity contribution in [1.82, 2.24) is 4.90 Å². The molecular formula is C31H61NO2. The molecule has 202 valence electrons. The third-order valence-corrected chi connectivity index (χ3v) is 8.17. The van der Waals surface area contributed by atoms with Crippen LogP contribution in [0.15, 0.2) is 0 Å². The molecule has 0 aliphatic heterocycles. The molecule has 3 nitrogen and oxygen atoms in total. The molecule has 3 unspecified atom stereocenters. The maximum absolute atomic E-state index is 11.1. The van der Waals surface area contributed by atoms with Gasteiger partial charge in [-0.25, -0.2) is 0 Å². The number of ether oxygens (including phenoxy) is 1. The van der Waals surface area contributed by atoms with Crippen LogP contribution < -0.4 is 0 Å². The van der Waals surface area contributed by atoms with Crippen molar-refractivity contribution in [3.8, 4) is 0 Å². The van der Waals surface area contributed by atoms with E-state index >= 15 is 0 Å². The van der Waals surface area contributed by atoms with E-state index in [-0.39, 0.29) is 5.97 Å². The topological polar surface area (TPSA) is 29.5 Å². The van der Waals surface area contributed by atoms with Gasteiger partial charge in [-0.05, 0) is 45.2 Å². The molecule has 3 atom stereocenters. The molecule has 0 aromatic carbocycles. The van der Waals surface area contributed by atoms with E-state index in [1.54, 1.807) is 0 Å². The van der Waals surface area contributed by atoms with Crippen LogP contribution in [-0.2, 0) is 9.53 Å². The molecule has 0 radical (unpaired) electrons. The van der Waals surface area contributed by atoms with Crippen LogP contribution in [0, 0.1) is 11.8 Å². The summed E-state index contributed by atoms with van der Waals surface area (Å²) in [7, 11) is 6.07. The van der Waals surface area contributed by atoms with E-state index in [0.29, 0.717) is 6.42 Å². The molecule has 0 amide bonds. The van der Waals surface area contributed by atoms with Crippen LogP contribution >= 0.6 is 0 Å². The van der Waals surface area contributed by atoms with Crippen LogP contribution in [0.25, 0.3) is 0 Å². The SMILES string of the molecule is CCCCCCCCCCCCCCCCC(C1CC1CCCCCCCC(=O)OC)N(C)C. The van der Waals surface area contributed by atoms with Gasteiger partial charge in [0.2, 0.25) is 0 Å². The zero-order chi connectivity index (χ0) is 24.9. The molecule has 0 heterocycles. The first-order valence-electron chi connectivity index (χ1n) is 15.3. The molecule has 0 aromatic rings. The predicted molar refractivity (Wildman–Crippen MR) is 148 cm³/mol. The van der Waals surface area contributed by atoms with E-state index in [2.05, 4.69) is 25.9 Å². The predicted octanol–water partition coefficient (Wildman–Crippen LogP) is 9.33. The number of carbonyl (C=O) groups excluding carboxylic acids is 1. The highest BCUT2D eigenvalue weighted by molar-refractivity contribution is 5.68. The van der Waals surface area contributed by atoms with Crippen molar-refractivity contribution in [3.63, 3.8) is 0 Å². The zero-order valence-corrected chi connectivity index (χ0v) is 23.8. The minimum absolute atomic E-state index is 0.0608. The third-order valence-electron chi connectivity index (χ3n) is 8.17. The summed E-state index contributed by atoms with van der Waals surface area (Å²) < 4.78 is 4.71. The Bertz CT molecular complexity index is 464. The highest BCUT2D eigenvalue weighted by atomic mass is 16.5. The van der Waals surface area contributed by atoms with Crippen molar-refractivity contribution in [2.45, 2.75) is 161 Å². The highest BCUT2D eigenvalue weighted by Gasteiger charge is 2.42. The second kappa shape index (κ2) is 21.7. The van der Waals surface area contributed by atoms with Gasteiger partial charge in [0.05, 0.1) is 7.11 Å². The van der Waals surface area contributed by atoms with E-state index < -0.39 is 0 Å². The van der Waals surface area contributed by atoms with Crippen LogP contribution in [0.5, 0.6) is 0 Å². The summed E-state index contributed by atoms with van der Waals surface area (Å²) in [5.74, 6) is 1.87. The van der Waals surface area contributed by atoms with Crippen LogP contribution in [-0.4, -0.2) is 38.1 Å². The molecule has 34 heavy (non-hydrogen) atoms. The minimum atomic E-state index is -0.0608. The molecule has 1 aliphatic carbocycles. The van der Waals surface area contributed by atoms with Gasteiger partial charge in [-0.2, -0.15) is 0 Å². The fraction of sp³-hybridized carbons (Fsp3) is 0.968. The standard InChI is InChI=1S/C31H61NO2/c1-5-6-7-8-9-10-11-12-13-14-15-16-19-22-25-30(32(2)3)29-27-28(29)24-21-18-17-20-23-26-31(33)34-4/h28-30H,5-27H2,1-4H3. The number of unbranched alkanes of at least 4 members (excludes halogenated alkanes) is 17. The van der Waals surface area contributed by atoms with Gasteiger partial charge in [0.15, 0.2) is 0 Å². The summed E-state index contributed by atoms with van der Waals surface area (Å²) >= 11 is 0. The minimum Gasteiger partial charge on any atom is -0.469 e. The fourth-order valence-electron chi connectivity index (χ4n) is 5.79. The van der Waals surface area contributed by atoms with Gasteiger partial charge in [-0.3, -0.25) is 4.79 Å². The lowest BCUT2D eigenvalue weighted by atomic mass is 9.98. The Kier molecular flexibility index (Phi) is 20.1. The van der Waals surface area contributed by atoms with Crippen LogP contribution in [0.4, 0.5) is 0 Å². The average Bonchev–Trinajstić information content (AvgIpc) is 3.59. The third kappa shape index (κ3) is 17.0. The lowest BCUT2D eigenvalue weighted by Gasteiger charge is -2.25. The first-order valence-corrected chi connectivity index (χ1v) is 15.3. The molecule has 3 heteroatoms. The van der Waals surface area contributed by atoms with Crippen molar-refractivity contribution in [2.75, 3.05) is 21.2 Å². The number of hydrogen-bond acceptors (Lipinski definition) is 3. The van der Waals surface area contributed by atoms with Gasteiger partial charge in [0.1, 0.15) is 0 Å². The molecule has 0 bridgehead atoms. The normalized spacial score (nSPS) is 18.4. The Balaban J connectivity index is 1.92. The first kappa shape index (κ1) is 31.5. The van der Waals surface area contributed by atoms with Gasteiger partial charge in [0, 0.05) is 12.5 Å². The first-order chi connectivity index (χ1) is 16.6. The fourth-order valence-corrected chi connectivity index (χ4v) is 5.79. The summed E-state index contributed by atoms with van der Waals surface area (Å²) in [6.45, 7) is 2.30. The smallest absolute Gasteiger partial charge is 0.305 e. The van der Waals surface area contributed by atoms with Crippen molar-refractivity contribution in [1.29, 1.82) is 0 Å². The van der Waals surface area contributed by atoms with Crippen molar-refractivity contribution < 1.29 is 9.53 Å². The largest absolute Gasteiger partial charge is 0.469 e. The Morgan fingerprint density at radius 3 is 1.71 bits per heavy atom. The molecule has 0 spiro atoms. The highest BCUT2D eigenvalue weighted by Crippen LogP contribution is 2.47. The van der Waals surface area contributed by atoms with Gasteiger partial charge < -0.3 is 9.64 Å². The van der Waals surface area contributed by atoms with E-state index in [0.717, 1.165) is 24.3 Å². The van der Waals surface area contributed by atoms with Gasteiger partial charge >= 0.3 is 5.97 Å². The van der Waals surface area contributed by atoms with Gasteiger partial charge in [-0.15, -0.1) is 0 Å². The number of hydrogen-bond donors (Lipinski definition) is 0. The number of methoxy groups -OCH3 is 1.